The van der Waals surface area contributed by atoms with Crippen LogP contribution in [-0.4, -0.2) is 60.1 Å². The van der Waals surface area contributed by atoms with Gasteiger partial charge >= 0.3 is 7.12 Å². The predicted molar refractivity (Wildman–Crippen MR) is 159 cm³/mol. The van der Waals surface area contributed by atoms with Crippen LogP contribution in [0.5, 0.6) is 5.75 Å². The molecule has 9 nitrogen and oxygen atoms in total. The van der Waals surface area contributed by atoms with Gasteiger partial charge in [-0.25, -0.2) is 0 Å². The molecule has 0 radical (unpaired) electrons. The average molecular weight is 558 g/mol. The molecule has 41 heavy (non-hydrogen) atoms. The molecule has 0 saturated carbocycles. The van der Waals surface area contributed by atoms with Crippen LogP contribution in [0.25, 0.3) is 10.9 Å². The van der Waals surface area contributed by atoms with E-state index in [2.05, 4.69) is 62.2 Å². The molecule has 3 aliphatic rings. The fourth-order valence-corrected chi connectivity index (χ4v) is 6.41. The number of benzene rings is 2. The minimum Gasteiger partial charge on any atom is -0.497 e. The first-order chi connectivity index (χ1) is 19.5. The second-order valence-corrected chi connectivity index (χ2v) is 12.5. The number of piperidine rings is 2. The number of nitrogens with one attached hydrogen (secondary N) is 1. The van der Waals surface area contributed by atoms with Crippen LogP contribution in [-0.2, 0) is 25.9 Å². The monoisotopic (exact) mass is 558 g/mol. The highest BCUT2D eigenvalue weighted by molar-refractivity contribution is 6.63. The van der Waals surface area contributed by atoms with E-state index in [1.807, 2.05) is 23.9 Å². The Kier molecular flexibility index (Phi) is 6.89. The first-order valence-corrected chi connectivity index (χ1v) is 14.6. The van der Waals surface area contributed by atoms with Crippen molar-refractivity contribution in [1.82, 2.24) is 15.1 Å². The van der Waals surface area contributed by atoms with Crippen LogP contribution in [0.15, 0.2) is 36.4 Å². The molecule has 3 aliphatic heterocycles. The number of nitrogens with zero attached hydrogens (tertiary/aromatic N) is 3. The number of carbonyl (C=O) groups excluding carboxylic acids is 2. The third kappa shape index (κ3) is 4.80. The minimum absolute atomic E-state index is 0.213. The Balaban J connectivity index is 1.20. The number of imide groups is 1. The number of amides is 2. The second-order valence-electron chi connectivity index (χ2n) is 12.5. The van der Waals surface area contributed by atoms with E-state index >= 15 is 0 Å². The average Bonchev–Trinajstić information content (AvgIpc) is 3.39. The van der Waals surface area contributed by atoms with Gasteiger partial charge in [0, 0.05) is 37.4 Å². The molecule has 1 N–H and O–H groups in total. The number of aryl methyl sites for hydroxylation is 1. The molecule has 1 aromatic heterocycles. The van der Waals surface area contributed by atoms with E-state index < -0.39 is 24.2 Å². The summed E-state index contributed by atoms with van der Waals surface area (Å²) in [4.78, 5) is 26.7. The molecule has 3 aromatic rings. The number of rotatable bonds is 5. The van der Waals surface area contributed by atoms with Gasteiger partial charge in [0.15, 0.2) is 0 Å². The molecule has 0 bridgehead atoms. The van der Waals surface area contributed by atoms with Crippen LogP contribution in [0.4, 0.5) is 5.69 Å². The van der Waals surface area contributed by atoms with Crippen molar-refractivity contribution >= 4 is 41.0 Å². The van der Waals surface area contributed by atoms with Crippen molar-refractivity contribution in [2.45, 2.75) is 76.4 Å². The van der Waals surface area contributed by atoms with E-state index in [1.165, 1.54) is 5.56 Å². The van der Waals surface area contributed by atoms with E-state index in [1.54, 1.807) is 7.11 Å². The van der Waals surface area contributed by atoms with Crippen molar-refractivity contribution in [1.29, 1.82) is 0 Å². The van der Waals surface area contributed by atoms with Gasteiger partial charge in [0.05, 0.1) is 41.1 Å². The number of aromatic nitrogens is 2. The Hall–Kier alpha value is -3.37. The molecule has 216 valence electrons. The maximum atomic E-state index is 12.6. The highest BCUT2D eigenvalue weighted by atomic mass is 16.7. The Morgan fingerprint density at radius 3 is 2.39 bits per heavy atom. The number of fused-ring (bicyclic) bond motifs is 1. The van der Waals surface area contributed by atoms with Gasteiger partial charge in [-0.1, -0.05) is 24.3 Å². The second kappa shape index (κ2) is 10.2. The van der Waals surface area contributed by atoms with E-state index in [0.29, 0.717) is 18.8 Å². The first-order valence-electron chi connectivity index (χ1n) is 14.6. The maximum absolute atomic E-state index is 12.6. The van der Waals surface area contributed by atoms with Gasteiger partial charge in [-0.15, -0.1) is 0 Å². The molecule has 0 aliphatic carbocycles. The molecular weight excluding hydrogens is 519 g/mol. The maximum Gasteiger partial charge on any atom is 0.498 e. The lowest BCUT2D eigenvalue weighted by atomic mass is 9.76. The molecule has 3 saturated heterocycles. The van der Waals surface area contributed by atoms with Crippen LogP contribution < -0.4 is 20.4 Å². The molecule has 1 atom stereocenters. The highest BCUT2D eigenvalue weighted by Crippen LogP contribution is 2.39. The zero-order valence-electron chi connectivity index (χ0n) is 24.8. The zero-order chi connectivity index (χ0) is 29.1. The Morgan fingerprint density at radius 1 is 1.02 bits per heavy atom. The third-order valence-corrected chi connectivity index (χ3v) is 9.51. The van der Waals surface area contributed by atoms with Crippen molar-refractivity contribution in [3.63, 3.8) is 0 Å². The third-order valence-electron chi connectivity index (χ3n) is 9.51. The summed E-state index contributed by atoms with van der Waals surface area (Å²) < 4.78 is 20.3. The lowest BCUT2D eigenvalue weighted by Gasteiger charge is -2.34. The van der Waals surface area contributed by atoms with Gasteiger partial charge < -0.3 is 18.9 Å². The number of hydrogen-bond acceptors (Lipinski definition) is 7. The summed E-state index contributed by atoms with van der Waals surface area (Å²) in [6, 6.07) is 12.6. The zero-order valence-corrected chi connectivity index (χ0v) is 24.8. The van der Waals surface area contributed by atoms with Gasteiger partial charge in [-0.2, -0.15) is 5.10 Å². The van der Waals surface area contributed by atoms with Crippen LogP contribution in [0.3, 0.4) is 0 Å². The number of methoxy groups -OCH3 is 1. The highest BCUT2D eigenvalue weighted by Gasteiger charge is 2.52. The van der Waals surface area contributed by atoms with Crippen molar-refractivity contribution in [3.8, 4) is 5.75 Å². The molecule has 6 rings (SSSR count). The summed E-state index contributed by atoms with van der Waals surface area (Å²) in [6.45, 7) is 10.0. The summed E-state index contributed by atoms with van der Waals surface area (Å²) in [5.41, 5.74) is 4.27. The topological polar surface area (TPSA) is 94.9 Å². The molecular formula is C31H39BN4O5. The van der Waals surface area contributed by atoms with E-state index in [4.69, 9.17) is 19.1 Å². The number of hydrogen-bond donors (Lipinski definition) is 1. The van der Waals surface area contributed by atoms with Crippen molar-refractivity contribution in [2.75, 3.05) is 25.1 Å². The van der Waals surface area contributed by atoms with Gasteiger partial charge in [-0.05, 0) is 70.6 Å². The molecule has 0 spiro atoms. The fourth-order valence-electron chi connectivity index (χ4n) is 6.41. The molecule has 2 amide bonds. The summed E-state index contributed by atoms with van der Waals surface area (Å²) in [6.07, 6.45) is 2.84. The van der Waals surface area contributed by atoms with E-state index in [-0.39, 0.29) is 11.8 Å². The van der Waals surface area contributed by atoms with E-state index in [0.717, 1.165) is 59.4 Å². The van der Waals surface area contributed by atoms with Crippen molar-refractivity contribution < 1.29 is 23.6 Å². The SMILES string of the molecule is COc1cc(C2CCN(c3cccc4c(C5CCC(=O)NC5=O)nn(C)c34)CC2)ccc1B1OC(C)(C)C(C)(C)O1. The van der Waals surface area contributed by atoms with Crippen LogP contribution in [0.1, 0.15) is 76.5 Å². The summed E-state index contributed by atoms with van der Waals surface area (Å²) >= 11 is 0. The predicted octanol–water partition coefficient (Wildman–Crippen LogP) is 3.79. The lowest BCUT2D eigenvalue weighted by molar-refractivity contribution is -0.134. The van der Waals surface area contributed by atoms with Crippen molar-refractivity contribution in [3.05, 3.63) is 47.7 Å². The summed E-state index contributed by atoms with van der Waals surface area (Å²) in [5, 5.41) is 8.22. The molecule has 3 fully saturated rings. The van der Waals surface area contributed by atoms with E-state index in [9.17, 15) is 9.59 Å². The van der Waals surface area contributed by atoms with Gasteiger partial charge in [-0.3, -0.25) is 19.6 Å². The number of para-hydroxylation sites is 1. The quantitative estimate of drug-likeness (QED) is 0.376. The van der Waals surface area contributed by atoms with Gasteiger partial charge in [0.25, 0.3) is 0 Å². The fraction of sp³-hybridized carbons (Fsp3) is 0.516. The standard InChI is InChI=1S/C31H39BN4O5/c1-30(2)31(3,4)41-32(40-30)23-12-10-20(18-25(23)39-6)19-14-16-36(17-15-19)24-9-7-8-21-27(34-35(5)28(21)24)22-11-13-26(37)33-29(22)38/h7-10,12,18-19,22H,11,13-17H2,1-6H3,(H,33,37,38). The molecule has 4 heterocycles. The summed E-state index contributed by atoms with van der Waals surface area (Å²) in [7, 11) is 3.17. The molecule has 1 unspecified atom stereocenters. The number of ether oxygens (including phenoxy) is 1. The van der Waals surface area contributed by atoms with Gasteiger partial charge in [0.1, 0.15) is 5.75 Å². The largest absolute Gasteiger partial charge is 0.498 e. The normalized spacial score (nSPS) is 22.8. The smallest absolute Gasteiger partial charge is 0.497 e. The molecule has 10 heteroatoms. The Labute approximate surface area is 241 Å². The molecule has 2 aromatic carbocycles. The van der Waals surface area contributed by atoms with Gasteiger partial charge in [0.2, 0.25) is 11.8 Å². The number of anilines is 1. The Morgan fingerprint density at radius 2 is 1.73 bits per heavy atom. The number of carbonyl (C=O) groups is 2. The van der Waals surface area contributed by atoms with Crippen molar-refractivity contribution in [2.24, 2.45) is 7.05 Å². The van der Waals surface area contributed by atoms with Crippen LogP contribution >= 0.6 is 0 Å². The summed E-state index contributed by atoms with van der Waals surface area (Å²) in [5.74, 6) is 0.330. The van der Waals surface area contributed by atoms with Crippen LogP contribution in [0, 0.1) is 0 Å². The minimum atomic E-state index is -0.463. The van der Waals surface area contributed by atoms with Crippen LogP contribution in [0.2, 0.25) is 0 Å². The lowest BCUT2D eigenvalue weighted by Crippen LogP contribution is -2.41. The first kappa shape index (κ1) is 27.8. The Bertz CT molecular complexity index is 1490.